The number of hydrogen-bond acceptors (Lipinski definition) is 1. The van der Waals surface area contributed by atoms with Crippen LogP contribution in [0, 0.1) is 22.3 Å². The van der Waals surface area contributed by atoms with Crippen LogP contribution in [0.2, 0.25) is 0 Å². The Morgan fingerprint density at radius 2 is 1.95 bits per heavy atom. The molecule has 0 radical (unpaired) electrons. The molecule has 0 bridgehead atoms. The predicted molar refractivity (Wildman–Crippen MR) is 91.4 cm³/mol. The van der Waals surface area contributed by atoms with Gasteiger partial charge in [0.1, 0.15) is 0 Å². The highest BCUT2D eigenvalue weighted by Crippen LogP contribution is 2.38. The van der Waals surface area contributed by atoms with Crippen molar-refractivity contribution >= 4 is 22.6 Å². The minimum Gasteiger partial charge on any atom is -0.310 e. The molecule has 0 heterocycles. The monoisotopic (exact) mass is 371 g/mol. The van der Waals surface area contributed by atoms with E-state index in [2.05, 4.69) is 66.9 Å². The van der Waals surface area contributed by atoms with Gasteiger partial charge in [0.25, 0.3) is 0 Å². The number of nitrogens with one attached hydrogen (secondary N) is 1. The third kappa shape index (κ3) is 3.72. The Balaban J connectivity index is 2.22. The highest BCUT2D eigenvalue weighted by molar-refractivity contribution is 14.1. The summed E-state index contributed by atoms with van der Waals surface area (Å²) in [6.45, 7) is 7.90. The SMILES string of the molecule is CCNC(c1cccc(C)c1I)C1CCC(C)CC1. The van der Waals surface area contributed by atoms with Crippen LogP contribution in [0.4, 0.5) is 0 Å². The molecule has 0 spiro atoms. The number of hydrogen-bond donors (Lipinski definition) is 1. The minimum absolute atomic E-state index is 0.546. The normalized spacial score (nSPS) is 25.3. The Morgan fingerprint density at radius 1 is 1.26 bits per heavy atom. The van der Waals surface area contributed by atoms with E-state index in [0.717, 1.165) is 18.4 Å². The quantitative estimate of drug-likeness (QED) is 0.728. The zero-order chi connectivity index (χ0) is 13.8. The first-order chi connectivity index (χ1) is 9.13. The van der Waals surface area contributed by atoms with Crippen LogP contribution in [0.15, 0.2) is 18.2 Å². The van der Waals surface area contributed by atoms with Gasteiger partial charge in [-0.15, -0.1) is 0 Å². The minimum atomic E-state index is 0.546. The lowest BCUT2D eigenvalue weighted by Crippen LogP contribution is -2.31. The zero-order valence-electron chi connectivity index (χ0n) is 12.4. The molecular formula is C17H26IN. The highest BCUT2D eigenvalue weighted by atomic mass is 127. The van der Waals surface area contributed by atoms with Crippen molar-refractivity contribution in [1.29, 1.82) is 0 Å². The van der Waals surface area contributed by atoms with Crippen molar-refractivity contribution in [2.45, 2.75) is 52.5 Å². The third-order valence-electron chi connectivity index (χ3n) is 4.51. The van der Waals surface area contributed by atoms with Crippen molar-refractivity contribution in [2.24, 2.45) is 11.8 Å². The molecule has 1 N–H and O–H groups in total. The van der Waals surface area contributed by atoms with Gasteiger partial charge in [-0.2, -0.15) is 0 Å². The van der Waals surface area contributed by atoms with E-state index in [9.17, 15) is 0 Å². The second-order valence-electron chi connectivity index (χ2n) is 6.03. The molecule has 1 aliphatic rings. The molecule has 2 heteroatoms. The van der Waals surface area contributed by atoms with Gasteiger partial charge >= 0.3 is 0 Å². The molecule has 0 aliphatic heterocycles. The fraction of sp³-hybridized carbons (Fsp3) is 0.647. The van der Waals surface area contributed by atoms with E-state index in [1.165, 1.54) is 40.4 Å². The van der Waals surface area contributed by atoms with E-state index in [-0.39, 0.29) is 0 Å². The van der Waals surface area contributed by atoms with E-state index in [0.29, 0.717) is 6.04 Å². The van der Waals surface area contributed by atoms with E-state index < -0.39 is 0 Å². The van der Waals surface area contributed by atoms with Gasteiger partial charge in [-0.3, -0.25) is 0 Å². The molecular weight excluding hydrogens is 345 g/mol. The van der Waals surface area contributed by atoms with Crippen LogP contribution in [0.25, 0.3) is 0 Å². The molecule has 0 saturated heterocycles. The zero-order valence-corrected chi connectivity index (χ0v) is 14.5. The number of rotatable bonds is 4. The van der Waals surface area contributed by atoms with Crippen LogP contribution in [0.3, 0.4) is 0 Å². The second kappa shape index (κ2) is 7.07. The first-order valence-electron chi connectivity index (χ1n) is 7.61. The summed E-state index contributed by atoms with van der Waals surface area (Å²) in [5.74, 6) is 1.74. The lowest BCUT2D eigenvalue weighted by Gasteiger charge is -2.34. The molecule has 0 amide bonds. The summed E-state index contributed by atoms with van der Waals surface area (Å²) in [5.41, 5.74) is 2.92. The van der Waals surface area contributed by atoms with Crippen LogP contribution in [0.5, 0.6) is 0 Å². The van der Waals surface area contributed by atoms with Gasteiger partial charge in [-0.1, -0.05) is 44.9 Å². The Kier molecular flexibility index (Phi) is 5.70. The summed E-state index contributed by atoms with van der Waals surface area (Å²) in [6.07, 6.45) is 5.55. The molecule has 1 atom stereocenters. The standard InChI is InChI=1S/C17H26IN/c1-4-19-17(14-10-8-12(2)9-11-14)15-7-5-6-13(3)16(15)18/h5-7,12,14,17,19H,4,8-11H2,1-3H3. The fourth-order valence-corrected chi connectivity index (χ4v) is 3.98. The van der Waals surface area contributed by atoms with Crippen LogP contribution in [-0.4, -0.2) is 6.54 Å². The second-order valence-corrected chi connectivity index (χ2v) is 7.11. The average Bonchev–Trinajstić information content (AvgIpc) is 2.41. The summed E-state index contributed by atoms with van der Waals surface area (Å²) in [7, 11) is 0. The largest absolute Gasteiger partial charge is 0.310 e. The van der Waals surface area contributed by atoms with Crippen molar-refractivity contribution in [3.05, 3.63) is 32.9 Å². The van der Waals surface area contributed by atoms with Crippen LogP contribution in [-0.2, 0) is 0 Å². The molecule has 1 nitrogen and oxygen atoms in total. The highest BCUT2D eigenvalue weighted by Gasteiger charge is 2.27. The first kappa shape index (κ1) is 15.3. The first-order valence-corrected chi connectivity index (χ1v) is 8.69. The van der Waals surface area contributed by atoms with Crippen molar-refractivity contribution in [3.8, 4) is 0 Å². The Morgan fingerprint density at radius 3 is 2.58 bits per heavy atom. The molecule has 0 aromatic heterocycles. The number of benzene rings is 1. The van der Waals surface area contributed by atoms with Crippen molar-refractivity contribution in [1.82, 2.24) is 5.32 Å². The van der Waals surface area contributed by atoms with Gasteiger partial charge < -0.3 is 5.32 Å². The molecule has 1 aromatic rings. The van der Waals surface area contributed by atoms with Gasteiger partial charge in [0.2, 0.25) is 0 Å². The molecule has 1 unspecified atom stereocenters. The van der Waals surface area contributed by atoms with Crippen molar-refractivity contribution in [3.63, 3.8) is 0 Å². The van der Waals surface area contributed by atoms with Crippen LogP contribution < -0.4 is 5.32 Å². The maximum absolute atomic E-state index is 3.75. The van der Waals surface area contributed by atoms with E-state index in [1.807, 2.05) is 0 Å². The average molecular weight is 371 g/mol. The van der Waals surface area contributed by atoms with Gasteiger partial charge in [0.05, 0.1) is 0 Å². The van der Waals surface area contributed by atoms with Gasteiger partial charge in [0.15, 0.2) is 0 Å². The number of halogens is 1. The Hall–Kier alpha value is -0.0900. The van der Waals surface area contributed by atoms with Gasteiger partial charge in [-0.25, -0.2) is 0 Å². The molecule has 2 rings (SSSR count). The molecule has 106 valence electrons. The summed E-state index contributed by atoms with van der Waals surface area (Å²) in [6, 6.07) is 7.30. The molecule has 1 aromatic carbocycles. The lowest BCUT2D eigenvalue weighted by atomic mass is 9.77. The van der Waals surface area contributed by atoms with E-state index >= 15 is 0 Å². The maximum Gasteiger partial charge on any atom is 0.0359 e. The summed E-state index contributed by atoms with van der Waals surface area (Å²) in [5, 5.41) is 3.75. The maximum atomic E-state index is 3.75. The Labute approximate surface area is 131 Å². The Bertz CT molecular complexity index is 408. The topological polar surface area (TPSA) is 12.0 Å². The van der Waals surface area contributed by atoms with E-state index in [4.69, 9.17) is 0 Å². The molecule has 1 saturated carbocycles. The lowest BCUT2D eigenvalue weighted by molar-refractivity contribution is 0.232. The van der Waals surface area contributed by atoms with Crippen molar-refractivity contribution < 1.29 is 0 Å². The predicted octanol–water partition coefficient (Wildman–Crippen LogP) is 5.08. The number of aryl methyl sites for hydroxylation is 1. The summed E-state index contributed by atoms with van der Waals surface area (Å²) in [4.78, 5) is 0. The molecule has 1 aliphatic carbocycles. The summed E-state index contributed by atoms with van der Waals surface area (Å²) < 4.78 is 1.45. The van der Waals surface area contributed by atoms with Crippen LogP contribution in [0.1, 0.15) is 56.7 Å². The van der Waals surface area contributed by atoms with Crippen LogP contribution >= 0.6 is 22.6 Å². The molecule has 19 heavy (non-hydrogen) atoms. The molecule has 1 fully saturated rings. The summed E-state index contributed by atoms with van der Waals surface area (Å²) >= 11 is 2.52. The smallest absolute Gasteiger partial charge is 0.0359 e. The fourth-order valence-electron chi connectivity index (χ4n) is 3.28. The van der Waals surface area contributed by atoms with Gasteiger partial charge in [0, 0.05) is 9.61 Å². The van der Waals surface area contributed by atoms with Gasteiger partial charge in [-0.05, 0) is 71.9 Å². The third-order valence-corrected chi connectivity index (χ3v) is 5.99. The van der Waals surface area contributed by atoms with E-state index in [1.54, 1.807) is 0 Å². The van der Waals surface area contributed by atoms with Crippen molar-refractivity contribution in [2.75, 3.05) is 6.54 Å².